The van der Waals surface area contributed by atoms with E-state index in [-0.39, 0.29) is 6.10 Å². The first-order valence-electron chi connectivity index (χ1n) is 4.37. The van der Waals surface area contributed by atoms with Crippen molar-refractivity contribution in [2.45, 2.75) is 25.4 Å². The molecule has 0 aromatic carbocycles. The van der Waals surface area contributed by atoms with E-state index in [1.54, 1.807) is 11.3 Å². The predicted octanol–water partition coefficient (Wildman–Crippen LogP) is 2.19. The summed E-state index contributed by atoms with van der Waals surface area (Å²) in [6.45, 7) is 0. The van der Waals surface area contributed by atoms with Crippen molar-refractivity contribution in [2.75, 3.05) is 12.0 Å². The molecule has 1 unspecified atom stereocenters. The summed E-state index contributed by atoms with van der Waals surface area (Å²) < 4.78 is 0. The van der Waals surface area contributed by atoms with Gasteiger partial charge in [0, 0.05) is 17.5 Å². The molecule has 0 spiro atoms. The fourth-order valence-electron chi connectivity index (χ4n) is 1.14. The Morgan fingerprint density at radius 1 is 1.69 bits per heavy atom. The van der Waals surface area contributed by atoms with Crippen LogP contribution < -0.4 is 0 Å². The largest absolute Gasteiger partial charge is 0.393 e. The van der Waals surface area contributed by atoms with E-state index >= 15 is 0 Å². The van der Waals surface area contributed by atoms with Crippen molar-refractivity contribution in [1.29, 1.82) is 0 Å². The molecular formula is C9H15NOS2. The minimum absolute atomic E-state index is 0.187. The number of aliphatic hydroxyl groups excluding tert-OH is 1. The Morgan fingerprint density at radius 3 is 3.15 bits per heavy atom. The first-order chi connectivity index (χ1) is 6.33. The maximum atomic E-state index is 9.62. The third kappa shape index (κ3) is 4.64. The molecule has 0 aliphatic carbocycles. The molecule has 4 heteroatoms. The Balaban J connectivity index is 2.14. The zero-order valence-corrected chi connectivity index (χ0v) is 9.40. The van der Waals surface area contributed by atoms with Crippen LogP contribution in [0.4, 0.5) is 0 Å². The molecule has 1 aromatic heterocycles. The lowest BCUT2D eigenvalue weighted by Gasteiger charge is -2.07. The van der Waals surface area contributed by atoms with E-state index in [0.29, 0.717) is 0 Å². The Bertz CT molecular complexity index is 213. The molecule has 0 aliphatic rings. The summed E-state index contributed by atoms with van der Waals surface area (Å²) in [4.78, 5) is 5.15. The fourth-order valence-corrected chi connectivity index (χ4v) is 2.26. The third-order valence-corrected chi connectivity index (χ3v) is 3.30. The van der Waals surface area contributed by atoms with Crippen molar-refractivity contribution >= 4 is 23.1 Å². The van der Waals surface area contributed by atoms with Crippen molar-refractivity contribution < 1.29 is 5.11 Å². The number of thioether (sulfide) groups is 1. The van der Waals surface area contributed by atoms with Gasteiger partial charge in [0.25, 0.3) is 0 Å². The van der Waals surface area contributed by atoms with E-state index in [1.165, 1.54) is 4.88 Å². The van der Waals surface area contributed by atoms with Gasteiger partial charge in [0.05, 0.1) is 11.6 Å². The summed E-state index contributed by atoms with van der Waals surface area (Å²) in [5, 5.41) is 9.62. The second kappa shape index (κ2) is 6.40. The van der Waals surface area contributed by atoms with Crippen LogP contribution in [-0.2, 0) is 6.42 Å². The zero-order chi connectivity index (χ0) is 9.52. The number of hydrogen-bond acceptors (Lipinski definition) is 4. The SMILES string of the molecule is CSCCCC(O)Cc1cncs1. The second-order valence-corrected chi connectivity index (χ2v) is 4.92. The molecule has 0 aliphatic heterocycles. The normalized spacial score (nSPS) is 13.1. The van der Waals surface area contributed by atoms with Crippen LogP contribution >= 0.6 is 23.1 Å². The van der Waals surface area contributed by atoms with Gasteiger partial charge in [0.15, 0.2) is 0 Å². The molecule has 0 fully saturated rings. The molecule has 2 nitrogen and oxygen atoms in total. The van der Waals surface area contributed by atoms with Gasteiger partial charge in [-0.25, -0.2) is 0 Å². The highest BCUT2D eigenvalue weighted by molar-refractivity contribution is 7.98. The van der Waals surface area contributed by atoms with Crippen LogP contribution in [0.2, 0.25) is 0 Å². The van der Waals surface area contributed by atoms with Gasteiger partial charge >= 0.3 is 0 Å². The molecule has 0 saturated carbocycles. The van der Waals surface area contributed by atoms with Gasteiger partial charge in [-0.05, 0) is 24.9 Å². The molecule has 1 heterocycles. The molecule has 1 N–H and O–H groups in total. The number of aliphatic hydroxyl groups is 1. The number of rotatable bonds is 6. The molecule has 0 bridgehead atoms. The highest BCUT2D eigenvalue weighted by Crippen LogP contribution is 2.12. The van der Waals surface area contributed by atoms with E-state index < -0.39 is 0 Å². The van der Waals surface area contributed by atoms with Crippen molar-refractivity contribution in [3.05, 3.63) is 16.6 Å². The lowest BCUT2D eigenvalue weighted by atomic mass is 10.1. The van der Waals surface area contributed by atoms with Gasteiger partial charge < -0.3 is 5.11 Å². The lowest BCUT2D eigenvalue weighted by molar-refractivity contribution is 0.165. The molecule has 0 saturated heterocycles. The Kier molecular flexibility index (Phi) is 5.43. The Hall–Kier alpha value is -0.0600. The average Bonchev–Trinajstić information content (AvgIpc) is 2.57. The standard InChI is InChI=1S/C9H15NOS2/c1-12-4-2-3-8(11)5-9-6-10-7-13-9/h6-8,11H,2-5H2,1H3. The topological polar surface area (TPSA) is 33.1 Å². The van der Waals surface area contributed by atoms with Crippen LogP contribution in [0.15, 0.2) is 11.7 Å². The summed E-state index contributed by atoms with van der Waals surface area (Å²) in [6, 6.07) is 0. The van der Waals surface area contributed by atoms with Crippen LogP contribution in [0.25, 0.3) is 0 Å². The molecule has 1 aromatic rings. The Morgan fingerprint density at radius 2 is 2.54 bits per heavy atom. The van der Waals surface area contributed by atoms with Gasteiger partial charge in [-0.15, -0.1) is 11.3 Å². The van der Waals surface area contributed by atoms with E-state index in [2.05, 4.69) is 11.2 Å². The van der Waals surface area contributed by atoms with Crippen LogP contribution in [0.1, 0.15) is 17.7 Å². The maximum absolute atomic E-state index is 9.62. The molecule has 1 atom stereocenters. The van der Waals surface area contributed by atoms with Crippen molar-refractivity contribution in [1.82, 2.24) is 4.98 Å². The third-order valence-electron chi connectivity index (χ3n) is 1.81. The second-order valence-electron chi connectivity index (χ2n) is 2.96. The van der Waals surface area contributed by atoms with Crippen LogP contribution in [-0.4, -0.2) is 28.2 Å². The van der Waals surface area contributed by atoms with E-state index in [0.717, 1.165) is 25.0 Å². The molecule has 0 radical (unpaired) electrons. The molecule has 1 rings (SSSR count). The monoisotopic (exact) mass is 217 g/mol. The number of thiazole rings is 1. The van der Waals surface area contributed by atoms with Crippen molar-refractivity contribution in [3.8, 4) is 0 Å². The molecule has 0 amide bonds. The molecule has 13 heavy (non-hydrogen) atoms. The van der Waals surface area contributed by atoms with Crippen LogP contribution in [0.5, 0.6) is 0 Å². The van der Waals surface area contributed by atoms with Crippen LogP contribution in [0.3, 0.4) is 0 Å². The first kappa shape index (κ1) is 11.0. The lowest BCUT2D eigenvalue weighted by Crippen LogP contribution is -2.09. The summed E-state index contributed by atoms with van der Waals surface area (Å²) in [5.41, 5.74) is 1.81. The predicted molar refractivity (Wildman–Crippen MR) is 59.4 cm³/mol. The van der Waals surface area contributed by atoms with Crippen molar-refractivity contribution in [2.24, 2.45) is 0 Å². The van der Waals surface area contributed by atoms with Crippen molar-refractivity contribution in [3.63, 3.8) is 0 Å². The zero-order valence-electron chi connectivity index (χ0n) is 7.77. The van der Waals surface area contributed by atoms with Gasteiger partial charge in [0.1, 0.15) is 0 Å². The summed E-state index contributed by atoms with van der Waals surface area (Å²) in [5.74, 6) is 1.14. The number of hydrogen-bond donors (Lipinski definition) is 1. The number of nitrogens with zero attached hydrogens (tertiary/aromatic N) is 1. The highest BCUT2D eigenvalue weighted by atomic mass is 32.2. The minimum atomic E-state index is -0.187. The Labute approximate surface area is 87.4 Å². The van der Waals surface area contributed by atoms with Gasteiger partial charge in [-0.3, -0.25) is 4.98 Å². The smallest absolute Gasteiger partial charge is 0.0794 e. The summed E-state index contributed by atoms with van der Waals surface area (Å²) >= 11 is 3.44. The minimum Gasteiger partial charge on any atom is -0.393 e. The first-order valence-corrected chi connectivity index (χ1v) is 6.64. The van der Waals surface area contributed by atoms with E-state index in [4.69, 9.17) is 0 Å². The van der Waals surface area contributed by atoms with Gasteiger partial charge in [-0.1, -0.05) is 0 Å². The van der Waals surface area contributed by atoms with Gasteiger partial charge in [-0.2, -0.15) is 11.8 Å². The summed E-state index contributed by atoms with van der Waals surface area (Å²) in [6.07, 6.45) is 6.50. The average molecular weight is 217 g/mol. The fraction of sp³-hybridized carbons (Fsp3) is 0.667. The maximum Gasteiger partial charge on any atom is 0.0794 e. The molecular weight excluding hydrogens is 202 g/mol. The number of aromatic nitrogens is 1. The quantitative estimate of drug-likeness (QED) is 0.742. The van der Waals surface area contributed by atoms with E-state index in [1.807, 2.05) is 23.5 Å². The molecule has 74 valence electrons. The summed E-state index contributed by atoms with van der Waals surface area (Å²) in [7, 11) is 0. The van der Waals surface area contributed by atoms with Gasteiger partial charge in [0.2, 0.25) is 0 Å². The van der Waals surface area contributed by atoms with E-state index in [9.17, 15) is 5.11 Å². The highest BCUT2D eigenvalue weighted by Gasteiger charge is 2.05. The van der Waals surface area contributed by atoms with Crippen LogP contribution in [0, 0.1) is 0 Å².